The molecule has 6 heteroatoms. The van der Waals surface area contributed by atoms with Crippen LogP contribution in [0, 0.1) is 11.8 Å². The van der Waals surface area contributed by atoms with Gasteiger partial charge in [0, 0.05) is 12.5 Å². The molecule has 1 aliphatic carbocycles. The van der Waals surface area contributed by atoms with Gasteiger partial charge in [0.15, 0.2) is 0 Å². The summed E-state index contributed by atoms with van der Waals surface area (Å²) < 4.78 is 27.4. The van der Waals surface area contributed by atoms with Crippen LogP contribution in [0.25, 0.3) is 0 Å². The van der Waals surface area contributed by atoms with Crippen LogP contribution < -0.4 is 4.72 Å². The second kappa shape index (κ2) is 8.83. The SMILES string of the molecule is O=S1(=O)CCc2cccc(c2)CCCCCC[C@@H]2[C@@H](CN1)[C@H](O)C[C@@H]2O. The minimum Gasteiger partial charge on any atom is -0.393 e. The molecule has 2 aliphatic rings. The Morgan fingerprint density at radius 2 is 1.62 bits per heavy atom. The molecule has 3 N–H and O–H groups in total. The fraction of sp³-hybridized carbons (Fsp3) is 0.700. The number of rotatable bonds is 0. The number of benzene rings is 1. The van der Waals surface area contributed by atoms with Crippen molar-refractivity contribution in [3.63, 3.8) is 0 Å². The van der Waals surface area contributed by atoms with E-state index in [9.17, 15) is 18.6 Å². The van der Waals surface area contributed by atoms with Gasteiger partial charge in [0.2, 0.25) is 10.0 Å². The summed E-state index contributed by atoms with van der Waals surface area (Å²) in [5, 5.41) is 20.5. The molecular weight excluding hydrogens is 350 g/mol. The van der Waals surface area contributed by atoms with Crippen molar-refractivity contribution in [2.45, 2.75) is 63.6 Å². The third kappa shape index (κ3) is 5.28. The molecule has 0 radical (unpaired) electrons. The van der Waals surface area contributed by atoms with Crippen LogP contribution in [-0.4, -0.2) is 43.1 Å². The lowest BCUT2D eigenvalue weighted by atomic mass is 9.88. The molecule has 0 unspecified atom stereocenters. The first-order valence-electron chi connectivity index (χ1n) is 9.86. The maximum atomic E-state index is 12.4. The van der Waals surface area contributed by atoms with Gasteiger partial charge >= 0.3 is 0 Å². The molecule has 1 saturated carbocycles. The van der Waals surface area contributed by atoms with E-state index in [-0.39, 0.29) is 24.1 Å². The highest BCUT2D eigenvalue weighted by Gasteiger charge is 2.41. The summed E-state index contributed by atoms with van der Waals surface area (Å²) in [4.78, 5) is 0. The predicted molar refractivity (Wildman–Crippen MR) is 102 cm³/mol. The molecule has 4 atom stereocenters. The van der Waals surface area contributed by atoms with Crippen LogP contribution in [0.1, 0.15) is 49.7 Å². The normalized spacial score (nSPS) is 33.5. The van der Waals surface area contributed by atoms with Gasteiger partial charge in [-0.05, 0) is 49.1 Å². The quantitative estimate of drug-likeness (QED) is 0.642. The number of aliphatic hydroxyl groups is 2. The Hall–Kier alpha value is -0.950. The summed E-state index contributed by atoms with van der Waals surface area (Å²) in [6.07, 6.45) is 5.95. The fourth-order valence-electron chi connectivity index (χ4n) is 4.41. The number of aryl methyl sites for hydroxylation is 2. The molecule has 0 saturated heterocycles. The standard InChI is InChI=1S/C20H31NO4S/c22-19-13-20(23)18-14-21-26(24,25)11-10-16-8-5-7-15(12-16)6-3-1-2-4-9-17(18)19/h5,7-8,12,17-23H,1-4,6,9-11,13-14H2/t17-,18-,19+,20-/m1/s1. The minimum atomic E-state index is -3.40. The molecular formula is C20H31NO4S. The van der Waals surface area contributed by atoms with Gasteiger partial charge in [-0.25, -0.2) is 13.1 Å². The summed E-state index contributed by atoms with van der Waals surface area (Å²) >= 11 is 0. The first-order valence-corrected chi connectivity index (χ1v) is 11.5. The molecule has 1 aromatic rings. The number of aliphatic hydroxyl groups excluding tert-OH is 2. The molecule has 5 nitrogen and oxygen atoms in total. The van der Waals surface area contributed by atoms with Gasteiger partial charge in [-0.15, -0.1) is 0 Å². The van der Waals surface area contributed by atoms with Crippen molar-refractivity contribution < 1.29 is 18.6 Å². The van der Waals surface area contributed by atoms with E-state index in [1.165, 1.54) is 5.56 Å². The minimum absolute atomic E-state index is 0.0201. The summed E-state index contributed by atoms with van der Waals surface area (Å²) in [5.74, 6) is -0.170. The summed E-state index contributed by atoms with van der Waals surface area (Å²) in [7, 11) is -3.40. The Bertz CT molecular complexity index is 691. The first-order chi connectivity index (χ1) is 12.4. The lowest BCUT2D eigenvalue weighted by Gasteiger charge is -2.24. The summed E-state index contributed by atoms with van der Waals surface area (Å²) in [6, 6.07) is 8.22. The Morgan fingerprint density at radius 1 is 0.923 bits per heavy atom. The van der Waals surface area contributed by atoms with Gasteiger partial charge in [0.05, 0.1) is 18.0 Å². The smallest absolute Gasteiger partial charge is 0.211 e. The van der Waals surface area contributed by atoms with Crippen LogP contribution in [0.15, 0.2) is 24.3 Å². The summed E-state index contributed by atoms with van der Waals surface area (Å²) in [6.45, 7) is 0.214. The van der Waals surface area contributed by atoms with Crippen molar-refractivity contribution in [1.82, 2.24) is 4.72 Å². The highest BCUT2D eigenvalue weighted by molar-refractivity contribution is 7.89. The van der Waals surface area contributed by atoms with Crippen molar-refractivity contribution in [3.05, 3.63) is 35.4 Å². The lowest BCUT2D eigenvalue weighted by Crippen LogP contribution is -2.37. The number of sulfonamides is 1. The van der Waals surface area contributed by atoms with Gasteiger partial charge in [0.1, 0.15) is 0 Å². The summed E-state index contributed by atoms with van der Waals surface area (Å²) in [5.41, 5.74) is 2.32. The van der Waals surface area contributed by atoms with Crippen LogP contribution in [0.4, 0.5) is 0 Å². The van der Waals surface area contributed by atoms with Gasteiger partial charge < -0.3 is 10.2 Å². The second-order valence-electron chi connectivity index (χ2n) is 7.89. The fourth-order valence-corrected chi connectivity index (χ4v) is 5.51. The van der Waals surface area contributed by atoms with E-state index in [0.717, 1.165) is 44.1 Å². The second-order valence-corrected chi connectivity index (χ2v) is 9.81. The van der Waals surface area contributed by atoms with Gasteiger partial charge in [0.25, 0.3) is 0 Å². The van der Waals surface area contributed by atoms with E-state index in [0.29, 0.717) is 12.8 Å². The van der Waals surface area contributed by atoms with Gasteiger partial charge in [-0.3, -0.25) is 0 Å². The van der Waals surface area contributed by atoms with E-state index in [1.54, 1.807) is 0 Å². The Balaban J connectivity index is 1.72. The molecule has 2 bridgehead atoms. The van der Waals surface area contributed by atoms with E-state index < -0.39 is 22.2 Å². The van der Waals surface area contributed by atoms with E-state index >= 15 is 0 Å². The maximum Gasteiger partial charge on any atom is 0.211 e. The number of fused-ring (bicyclic) bond motifs is 3. The lowest BCUT2D eigenvalue weighted by molar-refractivity contribution is 0.109. The Morgan fingerprint density at radius 3 is 2.42 bits per heavy atom. The zero-order chi connectivity index (χ0) is 18.6. The van der Waals surface area contributed by atoms with Gasteiger partial charge in [-0.2, -0.15) is 0 Å². The molecule has 3 rings (SSSR count). The van der Waals surface area contributed by atoms with E-state index in [4.69, 9.17) is 0 Å². The average molecular weight is 382 g/mol. The van der Waals surface area contributed by atoms with Crippen LogP contribution in [0.3, 0.4) is 0 Å². The Kier molecular flexibility index (Phi) is 6.72. The molecule has 26 heavy (non-hydrogen) atoms. The first kappa shape index (κ1) is 19.8. The maximum absolute atomic E-state index is 12.4. The number of nitrogens with one attached hydrogen (secondary N) is 1. The predicted octanol–water partition coefficient (Wildman–Crippen LogP) is 2.01. The highest BCUT2D eigenvalue weighted by Crippen LogP contribution is 2.36. The molecule has 1 aromatic carbocycles. The third-order valence-corrected chi connectivity index (χ3v) is 7.31. The zero-order valence-electron chi connectivity index (χ0n) is 15.3. The molecule has 1 fully saturated rings. The molecule has 146 valence electrons. The van der Waals surface area contributed by atoms with Crippen LogP contribution in [-0.2, 0) is 22.9 Å². The van der Waals surface area contributed by atoms with Crippen LogP contribution in [0.5, 0.6) is 0 Å². The van der Waals surface area contributed by atoms with E-state index in [2.05, 4.69) is 16.9 Å². The van der Waals surface area contributed by atoms with Crippen molar-refractivity contribution in [2.24, 2.45) is 11.8 Å². The topological polar surface area (TPSA) is 86.6 Å². The molecule has 1 aliphatic heterocycles. The largest absolute Gasteiger partial charge is 0.393 e. The third-order valence-electron chi connectivity index (χ3n) is 5.96. The van der Waals surface area contributed by atoms with Crippen LogP contribution >= 0.6 is 0 Å². The molecule has 1 heterocycles. The molecule has 0 aromatic heterocycles. The average Bonchev–Trinajstić information content (AvgIpc) is 2.87. The van der Waals surface area contributed by atoms with Crippen molar-refractivity contribution in [3.8, 4) is 0 Å². The van der Waals surface area contributed by atoms with Crippen molar-refractivity contribution in [2.75, 3.05) is 12.3 Å². The zero-order valence-corrected chi connectivity index (χ0v) is 16.1. The highest BCUT2D eigenvalue weighted by atomic mass is 32.2. The number of hydrogen-bond donors (Lipinski definition) is 3. The Labute approximate surface area is 156 Å². The molecule has 0 spiro atoms. The monoisotopic (exact) mass is 381 g/mol. The van der Waals surface area contributed by atoms with Crippen molar-refractivity contribution >= 4 is 10.0 Å². The number of hydrogen-bond acceptors (Lipinski definition) is 4. The van der Waals surface area contributed by atoms with Crippen LogP contribution in [0.2, 0.25) is 0 Å². The van der Waals surface area contributed by atoms with E-state index in [1.807, 2.05) is 12.1 Å². The molecule has 0 amide bonds. The van der Waals surface area contributed by atoms with Gasteiger partial charge in [-0.1, -0.05) is 43.5 Å². The van der Waals surface area contributed by atoms with Crippen molar-refractivity contribution in [1.29, 1.82) is 0 Å².